The Morgan fingerprint density at radius 2 is 1.25 bits per heavy atom. The fourth-order valence-electron chi connectivity index (χ4n) is 7.25. The molecule has 0 heterocycles. The molecule has 0 saturated heterocycles. The van der Waals surface area contributed by atoms with Crippen LogP contribution in [0.1, 0.15) is 65.7 Å². The molecule has 4 heteroatoms. The molecule has 0 amide bonds. The van der Waals surface area contributed by atoms with Gasteiger partial charge < -0.3 is 0 Å². The molecule has 4 aliphatic rings. The molecule has 0 nitrogen and oxygen atoms in total. The molecule has 20 heavy (non-hydrogen) atoms. The minimum Gasteiger partial charge on any atom is -0.122 e. The molecule has 0 N–H and O–H groups in total. The van der Waals surface area contributed by atoms with Gasteiger partial charge in [-0.15, -0.1) is 34.8 Å². The molecule has 0 aromatic carbocycles. The maximum Gasteiger partial charge on any atom is 0.0986 e. The quantitative estimate of drug-likeness (QED) is 0.501. The summed E-state index contributed by atoms with van der Waals surface area (Å²) in [6.45, 7) is 7.48. The summed E-state index contributed by atoms with van der Waals surface area (Å²) in [4.78, 5) is 0. The molecule has 0 aromatic heterocycles. The average molecular weight is 354 g/mol. The van der Waals surface area contributed by atoms with Gasteiger partial charge in [-0.1, -0.05) is 20.8 Å². The summed E-state index contributed by atoms with van der Waals surface area (Å²) in [5.74, 6) is 0. The molecule has 0 aliphatic heterocycles. The average Bonchev–Trinajstić information content (AvgIpc) is 2.05. The lowest BCUT2D eigenvalue weighted by Gasteiger charge is -2.70. The largest absolute Gasteiger partial charge is 0.122 e. The monoisotopic (exact) mass is 352 g/mol. The molecule has 4 aliphatic carbocycles. The third-order valence-electron chi connectivity index (χ3n) is 6.10. The van der Waals surface area contributed by atoms with Crippen LogP contribution in [-0.4, -0.2) is 19.6 Å². The number of halogens is 3. The minimum absolute atomic E-state index is 0.133. The zero-order valence-corrected chi connectivity index (χ0v) is 17.4. The highest BCUT2D eigenvalue weighted by molar-refractivity contribution is 6.65. The van der Waals surface area contributed by atoms with Crippen LogP contribution in [0.25, 0.3) is 0 Å². The summed E-state index contributed by atoms with van der Waals surface area (Å²) in [5, 5.41) is 0.133. The topological polar surface area (TPSA) is 0 Å². The predicted molar refractivity (Wildman–Crippen MR) is 93.1 cm³/mol. The van der Waals surface area contributed by atoms with Crippen molar-refractivity contribution in [2.45, 2.75) is 75.1 Å². The van der Waals surface area contributed by atoms with Gasteiger partial charge in [0.15, 0.2) is 0 Å². The highest BCUT2D eigenvalue weighted by atomic mass is 35.5. The van der Waals surface area contributed by atoms with E-state index < -0.39 is 3.96 Å². The van der Waals surface area contributed by atoms with Crippen LogP contribution in [0.2, 0.25) is 0 Å². The lowest BCUT2D eigenvalue weighted by Crippen LogP contribution is -2.61. The van der Waals surface area contributed by atoms with Crippen LogP contribution in [0.5, 0.6) is 0 Å². The normalized spacial score (nSPS) is 52.5. The molecule has 0 spiro atoms. The highest BCUT2D eigenvalue weighted by Crippen LogP contribution is 2.75. The van der Waals surface area contributed by atoms with Gasteiger partial charge >= 0.3 is 0 Å². The van der Waals surface area contributed by atoms with E-state index >= 15 is 0 Å². The van der Waals surface area contributed by atoms with Gasteiger partial charge in [-0.2, -0.15) is 0 Å². The second-order valence-electron chi connectivity index (χ2n) is 9.60. The van der Waals surface area contributed by atoms with E-state index in [0.717, 1.165) is 16.7 Å². The van der Waals surface area contributed by atoms with Gasteiger partial charge in [0, 0.05) is 15.6 Å². The molecule has 4 fully saturated rings. The van der Waals surface area contributed by atoms with E-state index in [1.165, 1.54) is 38.5 Å². The summed E-state index contributed by atoms with van der Waals surface area (Å²) in [6.07, 6.45) is 8.75. The minimum atomic E-state index is -0.571. The number of rotatable bonds is 3. The second kappa shape index (κ2) is 4.33. The lowest BCUT2D eigenvalue weighted by molar-refractivity contribution is -0.184. The molecule has 1 atom stereocenters. The number of hydrogen-bond acceptors (Lipinski definition) is 0. The van der Waals surface area contributed by atoms with E-state index in [9.17, 15) is 0 Å². The van der Waals surface area contributed by atoms with Gasteiger partial charge in [0.2, 0.25) is 0 Å². The van der Waals surface area contributed by atoms with E-state index in [2.05, 4.69) is 20.8 Å². The zero-order valence-electron chi connectivity index (χ0n) is 13.2. The van der Waals surface area contributed by atoms with Crippen LogP contribution < -0.4 is 0 Å². The van der Waals surface area contributed by atoms with Gasteiger partial charge in [0.1, 0.15) is 0 Å². The SMILES string of the molecule is CC12CC3(C)CC(C)(C1)CC(C(Cl)CC([SiH3])(Cl)Cl)(C2)C3. The first-order chi connectivity index (χ1) is 8.87. The Labute approximate surface area is 141 Å². The van der Waals surface area contributed by atoms with E-state index in [1.54, 1.807) is 0 Å². The Balaban J connectivity index is 1.94. The lowest BCUT2D eigenvalue weighted by atomic mass is 9.36. The van der Waals surface area contributed by atoms with Gasteiger partial charge in [-0.25, -0.2) is 0 Å². The van der Waals surface area contributed by atoms with Crippen molar-refractivity contribution in [2.75, 3.05) is 0 Å². The Kier molecular flexibility index (Phi) is 3.46. The number of alkyl halides is 3. The Hall–Kier alpha value is 1.09. The second-order valence-corrected chi connectivity index (χ2v) is 15.0. The molecule has 0 aromatic rings. The Morgan fingerprint density at radius 3 is 1.55 bits per heavy atom. The third kappa shape index (κ3) is 2.70. The maximum atomic E-state index is 6.93. The van der Waals surface area contributed by atoms with E-state index in [0.29, 0.717) is 16.2 Å². The van der Waals surface area contributed by atoms with Crippen molar-refractivity contribution in [3.05, 3.63) is 0 Å². The summed E-state index contributed by atoms with van der Waals surface area (Å²) in [6, 6.07) is 0. The van der Waals surface area contributed by atoms with E-state index in [1.807, 2.05) is 0 Å². The molecule has 4 rings (SSSR count). The van der Waals surface area contributed by atoms with Crippen molar-refractivity contribution in [3.8, 4) is 0 Å². The van der Waals surface area contributed by atoms with E-state index in [-0.39, 0.29) is 10.8 Å². The predicted octanol–water partition coefficient (Wildman–Crippen LogP) is 4.87. The molecule has 116 valence electrons. The summed E-state index contributed by atoms with van der Waals surface area (Å²) in [5.41, 5.74) is 1.72. The van der Waals surface area contributed by atoms with Crippen molar-refractivity contribution < 1.29 is 0 Å². The Morgan fingerprint density at radius 1 is 0.900 bits per heavy atom. The van der Waals surface area contributed by atoms with E-state index in [4.69, 9.17) is 34.8 Å². The van der Waals surface area contributed by atoms with Crippen molar-refractivity contribution in [1.29, 1.82) is 0 Å². The maximum absolute atomic E-state index is 6.93. The highest BCUT2D eigenvalue weighted by Gasteiger charge is 2.65. The standard InChI is InChI=1S/C16H27Cl3Si/c1-12-5-13(2)7-14(3,6-12)10-15(8-12,9-13)11(17)4-16(18,19)20/h11H,4-10H2,1-3,20H3. The van der Waals surface area contributed by atoms with Crippen LogP contribution >= 0.6 is 34.8 Å². The van der Waals surface area contributed by atoms with Crippen LogP contribution in [0.15, 0.2) is 0 Å². The fraction of sp³-hybridized carbons (Fsp3) is 1.00. The van der Waals surface area contributed by atoms with Gasteiger partial charge in [-0.3, -0.25) is 0 Å². The number of hydrogen-bond donors (Lipinski definition) is 0. The van der Waals surface area contributed by atoms with Crippen LogP contribution in [0, 0.1) is 21.7 Å². The van der Waals surface area contributed by atoms with Crippen LogP contribution in [-0.2, 0) is 0 Å². The first-order valence-corrected chi connectivity index (χ1v) is 10.1. The summed E-state index contributed by atoms with van der Waals surface area (Å²) >= 11 is 19.6. The fourth-order valence-corrected chi connectivity index (χ4v) is 8.93. The van der Waals surface area contributed by atoms with Crippen molar-refractivity contribution >= 4 is 45.0 Å². The first-order valence-electron chi connectivity index (χ1n) is 7.89. The van der Waals surface area contributed by atoms with Crippen LogP contribution in [0.3, 0.4) is 0 Å². The molecule has 1 unspecified atom stereocenters. The first kappa shape index (κ1) is 16.0. The van der Waals surface area contributed by atoms with Crippen molar-refractivity contribution in [3.63, 3.8) is 0 Å². The molecule has 4 bridgehead atoms. The van der Waals surface area contributed by atoms with Crippen LogP contribution in [0.4, 0.5) is 0 Å². The molecule has 0 radical (unpaired) electrons. The van der Waals surface area contributed by atoms with Crippen molar-refractivity contribution in [1.82, 2.24) is 0 Å². The molecule has 4 saturated carbocycles. The summed E-state index contributed by atoms with van der Waals surface area (Å²) < 4.78 is -0.571. The Bertz CT molecular complexity index is 374. The third-order valence-corrected chi connectivity index (χ3v) is 7.43. The molecular weight excluding hydrogens is 327 g/mol. The van der Waals surface area contributed by atoms with Crippen molar-refractivity contribution in [2.24, 2.45) is 21.7 Å². The smallest absolute Gasteiger partial charge is 0.0986 e. The molecular formula is C16H27Cl3Si. The zero-order chi connectivity index (χ0) is 15.0. The van der Waals surface area contributed by atoms with Gasteiger partial charge in [-0.05, 0) is 66.6 Å². The summed E-state index contributed by atoms with van der Waals surface area (Å²) in [7, 11) is 0.781. The van der Waals surface area contributed by atoms with Gasteiger partial charge in [0.25, 0.3) is 0 Å². The van der Waals surface area contributed by atoms with Gasteiger partial charge in [0.05, 0.1) is 3.96 Å².